The molecule has 2 aromatic carbocycles. The van der Waals surface area contributed by atoms with E-state index in [4.69, 9.17) is 5.14 Å². The van der Waals surface area contributed by atoms with Gasteiger partial charge in [-0.3, -0.25) is 4.79 Å². The summed E-state index contributed by atoms with van der Waals surface area (Å²) in [6.07, 6.45) is 3.06. The number of hydrogen-bond donors (Lipinski definition) is 2. The van der Waals surface area contributed by atoms with Crippen LogP contribution in [-0.2, 0) is 14.8 Å². The summed E-state index contributed by atoms with van der Waals surface area (Å²) in [5.41, 5.74) is 2.41. The molecule has 0 aliphatic carbocycles. The lowest BCUT2D eigenvalue weighted by atomic mass is 10.1. The lowest BCUT2D eigenvalue weighted by Crippen LogP contribution is -2.13. The minimum absolute atomic E-state index is 0.0483. The van der Waals surface area contributed by atoms with Crippen LogP contribution in [0.5, 0.6) is 0 Å². The number of carbonyl (C=O) groups is 1. The van der Waals surface area contributed by atoms with Crippen molar-refractivity contribution in [1.29, 1.82) is 0 Å². The van der Waals surface area contributed by atoms with Crippen LogP contribution in [-0.4, -0.2) is 14.3 Å². The number of carbonyl (C=O) groups excluding carboxylic acids is 1. The van der Waals surface area contributed by atoms with Gasteiger partial charge in [0.05, 0.1) is 4.90 Å². The van der Waals surface area contributed by atoms with Crippen LogP contribution in [0.4, 0.5) is 5.69 Å². The van der Waals surface area contributed by atoms with E-state index in [0.717, 1.165) is 11.1 Å². The van der Waals surface area contributed by atoms with Crippen LogP contribution in [0.25, 0.3) is 6.08 Å². The Morgan fingerprint density at radius 2 is 1.82 bits per heavy atom. The Morgan fingerprint density at radius 1 is 1.14 bits per heavy atom. The number of hydrogen-bond acceptors (Lipinski definition) is 3. The van der Waals surface area contributed by atoms with Gasteiger partial charge in [0.1, 0.15) is 0 Å². The molecule has 6 heteroatoms. The molecule has 2 aromatic rings. The predicted molar refractivity (Wildman–Crippen MR) is 86.7 cm³/mol. The third-order valence-electron chi connectivity index (χ3n) is 2.93. The highest BCUT2D eigenvalue weighted by atomic mass is 32.2. The first-order chi connectivity index (χ1) is 10.3. The van der Waals surface area contributed by atoms with E-state index >= 15 is 0 Å². The standard InChI is InChI=1S/C16H16N2O3S/c1-12-5-7-13(8-6-12)9-10-16(19)18-14-3-2-4-15(11-14)22(17,20)21/h2-11H,1H3,(H,18,19)(H2,17,20,21)/b10-9+. The number of benzene rings is 2. The first-order valence-electron chi connectivity index (χ1n) is 6.53. The molecule has 0 aromatic heterocycles. The van der Waals surface area contributed by atoms with Crippen molar-refractivity contribution in [2.45, 2.75) is 11.8 Å². The zero-order chi connectivity index (χ0) is 16.2. The highest BCUT2D eigenvalue weighted by Crippen LogP contribution is 2.14. The van der Waals surface area contributed by atoms with Crippen molar-refractivity contribution in [1.82, 2.24) is 0 Å². The van der Waals surface area contributed by atoms with E-state index in [-0.39, 0.29) is 10.8 Å². The van der Waals surface area contributed by atoms with Gasteiger partial charge in [-0.1, -0.05) is 35.9 Å². The Morgan fingerprint density at radius 3 is 2.45 bits per heavy atom. The molecule has 1 amide bonds. The van der Waals surface area contributed by atoms with Crippen LogP contribution in [0.15, 0.2) is 59.5 Å². The number of primary sulfonamides is 1. The highest BCUT2D eigenvalue weighted by molar-refractivity contribution is 7.89. The number of amides is 1. The van der Waals surface area contributed by atoms with Gasteiger partial charge in [-0.05, 0) is 36.8 Å². The van der Waals surface area contributed by atoms with E-state index in [1.54, 1.807) is 12.1 Å². The summed E-state index contributed by atoms with van der Waals surface area (Å²) in [4.78, 5) is 11.8. The van der Waals surface area contributed by atoms with Crippen LogP contribution >= 0.6 is 0 Å². The third kappa shape index (κ3) is 4.54. The molecular formula is C16H16N2O3S. The molecule has 0 atom stereocenters. The van der Waals surface area contributed by atoms with Crippen molar-refractivity contribution in [2.24, 2.45) is 5.14 Å². The maximum Gasteiger partial charge on any atom is 0.248 e. The molecule has 0 heterocycles. The molecule has 0 unspecified atom stereocenters. The lowest BCUT2D eigenvalue weighted by molar-refractivity contribution is -0.111. The third-order valence-corrected chi connectivity index (χ3v) is 3.85. The van der Waals surface area contributed by atoms with Crippen LogP contribution < -0.4 is 10.5 Å². The second-order valence-electron chi connectivity index (χ2n) is 4.81. The number of anilines is 1. The van der Waals surface area contributed by atoms with Crippen LogP contribution in [0.1, 0.15) is 11.1 Å². The molecule has 0 saturated carbocycles. The van der Waals surface area contributed by atoms with Crippen LogP contribution in [0, 0.1) is 6.92 Å². The van der Waals surface area contributed by atoms with Crippen LogP contribution in [0.2, 0.25) is 0 Å². The van der Waals surface area contributed by atoms with Crippen molar-refractivity contribution < 1.29 is 13.2 Å². The Hall–Kier alpha value is -2.44. The quantitative estimate of drug-likeness (QED) is 0.848. The average molecular weight is 316 g/mol. The summed E-state index contributed by atoms with van der Waals surface area (Å²) >= 11 is 0. The second-order valence-corrected chi connectivity index (χ2v) is 6.37. The molecule has 0 saturated heterocycles. The average Bonchev–Trinajstić information content (AvgIpc) is 2.46. The summed E-state index contributed by atoms with van der Waals surface area (Å²) in [6, 6.07) is 13.5. The predicted octanol–water partition coefficient (Wildman–Crippen LogP) is 2.29. The SMILES string of the molecule is Cc1ccc(/C=C/C(=O)Nc2cccc(S(N)(=O)=O)c2)cc1. The van der Waals surface area contributed by atoms with Gasteiger partial charge in [0.25, 0.3) is 0 Å². The maximum absolute atomic E-state index is 11.8. The molecule has 2 rings (SSSR count). The van der Waals surface area contributed by atoms with E-state index in [1.165, 1.54) is 24.3 Å². The van der Waals surface area contributed by atoms with Crippen molar-refractivity contribution in [3.63, 3.8) is 0 Å². The summed E-state index contributed by atoms with van der Waals surface area (Å²) in [5.74, 6) is -0.354. The van der Waals surface area contributed by atoms with Crippen LogP contribution in [0.3, 0.4) is 0 Å². The van der Waals surface area contributed by atoms with E-state index in [0.29, 0.717) is 5.69 Å². The number of nitrogens with two attached hydrogens (primary N) is 1. The molecule has 0 fully saturated rings. The largest absolute Gasteiger partial charge is 0.322 e. The molecule has 114 valence electrons. The van der Waals surface area contributed by atoms with Gasteiger partial charge >= 0.3 is 0 Å². The number of rotatable bonds is 4. The summed E-state index contributed by atoms with van der Waals surface area (Å²) in [7, 11) is -3.79. The normalized spacial score (nSPS) is 11.5. The highest BCUT2D eigenvalue weighted by Gasteiger charge is 2.08. The molecule has 0 aliphatic heterocycles. The summed E-state index contributed by atoms with van der Waals surface area (Å²) in [6.45, 7) is 1.98. The second kappa shape index (κ2) is 6.55. The number of aryl methyl sites for hydroxylation is 1. The first-order valence-corrected chi connectivity index (χ1v) is 8.08. The van der Waals surface area contributed by atoms with Crippen molar-refractivity contribution in [3.05, 3.63) is 65.7 Å². The maximum atomic E-state index is 11.8. The Bertz CT molecular complexity index is 810. The molecule has 5 nitrogen and oxygen atoms in total. The van der Waals surface area contributed by atoms with Gasteiger partial charge < -0.3 is 5.32 Å². The Labute approximate surface area is 129 Å². The fraction of sp³-hybridized carbons (Fsp3) is 0.0625. The van der Waals surface area contributed by atoms with Gasteiger partial charge in [-0.15, -0.1) is 0 Å². The number of sulfonamides is 1. The lowest BCUT2D eigenvalue weighted by Gasteiger charge is -2.04. The zero-order valence-corrected chi connectivity index (χ0v) is 12.8. The van der Waals surface area contributed by atoms with Gasteiger partial charge in [-0.25, -0.2) is 13.6 Å². The monoisotopic (exact) mass is 316 g/mol. The fourth-order valence-corrected chi connectivity index (χ4v) is 2.34. The van der Waals surface area contributed by atoms with E-state index in [2.05, 4.69) is 5.32 Å². The van der Waals surface area contributed by atoms with E-state index in [9.17, 15) is 13.2 Å². The summed E-state index contributed by atoms with van der Waals surface area (Å²) in [5, 5.41) is 7.64. The van der Waals surface area contributed by atoms with E-state index < -0.39 is 10.0 Å². The van der Waals surface area contributed by atoms with Gasteiger partial charge in [0.15, 0.2) is 0 Å². The molecule has 0 radical (unpaired) electrons. The molecule has 0 aliphatic rings. The topological polar surface area (TPSA) is 89.3 Å². The minimum atomic E-state index is -3.79. The first kappa shape index (κ1) is 15.9. The molecular weight excluding hydrogens is 300 g/mol. The molecule has 0 spiro atoms. The molecule has 0 bridgehead atoms. The Kier molecular flexibility index (Phi) is 4.75. The number of nitrogens with one attached hydrogen (secondary N) is 1. The fourth-order valence-electron chi connectivity index (χ4n) is 1.78. The van der Waals surface area contributed by atoms with Gasteiger partial charge in [0, 0.05) is 11.8 Å². The smallest absolute Gasteiger partial charge is 0.248 e. The van der Waals surface area contributed by atoms with Crippen molar-refractivity contribution in [2.75, 3.05) is 5.32 Å². The van der Waals surface area contributed by atoms with Gasteiger partial charge in [-0.2, -0.15) is 0 Å². The molecule has 22 heavy (non-hydrogen) atoms. The zero-order valence-electron chi connectivity index (χ0n) is 12.0. The Balaban J connectivity index is 2.07. The van der Waals surface area contributed by atoms with Crippen molar-refractivity contribution >= 4 is 27.7 Å². The van der Waals surface area contributed by atoms with Crippen molar-refractivity contribution in [3.8, 4) is 0 Å². The minimum Gasteiger partial charge on any atom is -0.322 e. The summed E-state index contributed by atoms with van der Waals surface area (Å²) < 4.78 is 22.5. The van der Waals surface area contributed by atoms with Gasteiger partial charge in [0.2, 0.25) is 15.9 Å². The molecule has 3 N–H and O–H groups in total. The van der Waals surface area contributed by atoms with E-state index in [1.807, 2.05) is 31.2 Å².